The zero-order chi connectivity index (χ0) is 9.35. The third-order valence-corrected chi connectivity index (χ3v) is 2.07. The predicted octanol–water partition coefficient (Wildman–Crippen LogP) is 1.36. The summed E-state index contributed by atoms with van der Waals surface area (Å²) in [5.41, 5.74) is -0.380. The highest BCUT2D eigenvalue weighted by atomic mass is 35.5. The molecule has 1 heterocycles. The molecule has 1 aliphatic rings. The Morgan fingerprint density at radius 3 is 2.23 bits per heavy atom. The third-order valence-electron chi connectivity index (χ3n) is 2.07. The third kappa shape index (κ3) is 3.16. The Bertz CT molecular complexity index is 189. The van der Waals surface area contributed by atoms with Crippen molar-refractivity contribution in [2.45, 2.75) is 39.8 Å². The maximum atomic E-state index is 11.4. The molecule has 0 aromatic rings. The van der Waals surface area contributed by atoms with Crippen LogP contribution in [0.15, 0.2) is 0 Å². The molecule has 2 atom stereocenters. The molecular weight excluding hydrogens is 190 g/mol. The van der Waals surface area contributed by atoms with Crippen molar-refractivity contribution < 1.29 is 9.53 Å². The van der Waals surface area contributed by atoms with Crippen molar-refractivity contribution in [3.05, 3.63) is 0 Å². The fourth-order valence-corrected chi connectivity index (χ4v) is 0.908. The topological polar surface area (TPSA) is 38.3 Å². The Hall–Kier alpha value is -0.280. The zero-order valence-electron chi connectivity index (χ0n) is 8.59. The van der Waals surface area contributed by atoms with Crippen LogP contribution in [0.3, 0.4) is 0 Å². The van der Waals surface area contributed by atoms with Crippen LogP contribution in [0.25, 0.3) is 0 Å². The minimum Gasteiger partial charge on any atom is -0.459 e. The smallest absolute Gasteiger partial charge is 0.311 e. The van der Waals surface area contributed by atoms with Crippen molar-refractivity contribution in [2.75, 3.05) is 6.54 Å². The number of carbonyl (C=O) groups is 1. The highest BCUT2D eigenvalue weighted by molar-refractivity contribution is 5.85. The second-order valence-corrected chi connectivity index (χ2v) is 4.39. The SMILES string of the molecule is C[C@@H]1NC[C@H]1OC(=O)C(C)(C)C.Cl. The van der Waals surface area contributed by atoms with Gasteiger partial charge in [0.25, 0.3) is 0 Å². The molecule has 0 spiro atoms. The average molecular weight is 208 g/mol. The van der Waals surface area contributed by atoms with Crippen LogP contribution in [-0.2, 0) is 9.53 Å². The molecule has 0 aliphatic carbocycles. The maximum absolute atomic E-state index is 11.4. The van der Waals surface area contributed by atoms with Gasteiger partial charge in [-0.25, -0.2) is 0 Å². The van der Waals surface area contributed by atoms with Gasteiger partial charge in [-0.1, -0.05) is 0 Å². The van der Waals surface area contributed by atoms with E-state index in [1.54, 1.807) is 0 Å². The first kappa shape index (κ1) is 12.7. The van der Waals surface area contributed by atoms with Crippen molar-refractivity contribution in [3.63, 3.8) is 0 Å². The zero-order valence-corrected chi connectivity index (χ0v) is 9.40. The fraction of sp³-hybridized carbons (Fsp3) is 0.889. The summed E-state index contributed by atoms with van der Waals surface area (Å²) < 4.78 is 5.26. The van der Waals surface area contributed by atoms with Crippen molar-refractivity contribution in [3.8, 4) is 0 Å². The summed E-state index contributed by atoms with van der Waals surface area (Å²) in [4.78, 5) is 11.4. The maximum Gasteiger partial charge on any atom is 0.311 e. The molecule has 0 aromatic heterocycles. The van der Waals surface area contributed by atoms with Crippen LogP contribution in [0.5, 0.6) is 0 Å². The average Bonchev–Trinajstić information content (AvgIpc) is 1.95. The van der Waals surface area contributed by atoms with E-state index < -0.39 is 0 Å². The van der Waals surface area contributed by atoms with Crippen LogP contribution in [0.1, 0.15) is 27.7 Å². The molecule has 0 aromatic carbocycles. The van der Waals surface area contributed by atoms with E-state index in [0.717, 1.165) is 6.54 Å². The number of hydrogen-bond donors (Lipinski definition) is 1. The lowest BCUT2D eigenvalue weighted by molar-refractivity contribution is -0.163. The Balaban J connectivity index is 0.00000144. The first-order chi connectivity index (χ1) is 5.41. The number of halogens is 1. The molecule has 3 nitrogen and oxygen atoms in total. The van der Waals surface area contributed by atoms with Gasteiger partial charge in [0.15, 0.2) is 0 Å². The van der Waals surface area contributed by atoms with Gasteiger partial charge in [-0.2, -0.15) is 0 Å². The highest BCUT2D eigenvalue weighted by Gasteiger charge is 2.33. The molecule has 4 heteroatoms. The molecule has 0 saturated carbocycles. The standard InChI is InChI=1S/C9H17NO2.ClH/c1-6-7(5-10-6)12-8(11)9(2,3)4;/h6-7,10H,5H2,1-4H3;1H/t6-,7+;/m0./s1. The van der Waals surface area contributed by atoms with Crippen LogP contribution < -0.4 is 5.32 Å². The minimum absolute atomic E-state index is 0. The van der Waals surface area contributed by atoms with Gasteiger partial charge in [0.2, 0.25) is 0 Å². The summed E-state index contributed by atoms with van der Waals surface area (Å²) in [6.07, 6.45) is 0.0803. The lowest BCUT2D eigenvalue weighted by atomic mass is 9.96. The van der Waals surface area contributed by atoms with Gasteiger partial charge in [0.05, 0.1) is 5.41 Å². The van der Waals surface area contributed by atoms with E-state index in [-0.39, 0.29) is 29.9 Å². The van der Waals surface area contributed by atoms with Crippen molar-refractivity contribution in [2.24, 2.45) is 5.41 Å². The molecule has 1 fully saturated rings. The Morgan fingerprint density at radius 1 is 1.46 bits per heavy atom. The van der Waals surface area contributed by atoms with Crippen LogP contribution in [-0.4, -0.2) is 24.7 Å². The number of ether oxygens (including phenoxy) is 1. The molecule has 1 aliphatic heterocycles. The highest BCUT2D eigenvalue weighted by Crippen LogP contribution is 2.19. The predicted molar refractivity (Wildman–Crippen MR) is 54.0 cm³/mol. The lowest BCUT2D eigenvalue weighted by Gasteiger charge is -2.36. The van der Waals surface area contributed by atoms with E-state index in [9.17, 15) is 4.79 Å². The van der Waals surface area contributed by atoms with Gasteiger partial charge in [-0.15, -0.1) is 12.4 Å². The van der Waals surface area contributed by atoms with E-state index in [1.165, 1.54) is 0 Å². The number of nitrogens with one attached hydrogen (secondary N) is 1. The Morgan fingerprint density at radius 2 is 2.00 bits per heavy atom. The number of rotatable bonds is 1. The van der Waals surface area contributed by atoms with Gasteiger partial charge in [0, 0.05) is 12.6 Å². The normalized spacial score (nSPS) is 27.1. The summed E-state index contributed by atoms with van der Waals surface area (Å²) in [5.74, 6) is -0.110. The molecule has 13 heavy (non-hydrogen) atoms. The number of carbonyl (C=O) groups excluding carboxylic acids is 1. The van der Waals surface area contributed by atoms with Crippen molar-refractivity contribution in [1.82, 2.24) is 5.32 Å². The second kappa shape index (κ2) is 4.29. The fourth-order valence-electron chi connectivity index (χ4n) is 0.908. The molecule has 0 unspecified atom stereocenters. The van der Waals surface area contributed by atoms with Crippen LogP contribution in [0.4, 0.5) is 0 Å². The van der Waals surface area contributed by atoms with Gasteiger partial charge in [-0.3, -0.25) is 4.79 Å². The molecule has 0 bridgehead atoms. The van der Waals surface area contributed by atoms with Gasteiger partial charge in [-0.05, 0) is 27.7 Å². The van der Waals surface area contributed by atoms with E-state index in [1.807, 2.05) is 27.7 Å². The van der Waals surface area contributed by atoms with E-state index in [4.69, 9.17) is 4.74 Å². The number of hydrogen-bond acceptors (Lipinski definition) is 3. The molecule has 1 rings (SSSR count). The van der Waals surface area contributed by atoms with Crippen LogP contribution >= 0.6 is 12.4 Å². The van der Waals surface area contributed by atoms with E-state index in [2.05, 4.69) is 5.32 Å². The van der Waals surface area contributed by atoms with E-state index in [0.29, 0.717) is 6.04 Å². The van der Waals surface area contributed by atoms with Crippen molar-refractivity contribution >= 4 is 18.4 Å². The quantitative estimate of drug-likeness (QED) is 0.660. The monoisotopic (exact) mass is 207 g/mol. The summed E-state index contributed by atoms with van der Waals surface area (Å²) in [6.45, 7) is 8.41. The van der Waals surface area contributed by atoms with Gasteiger partial charge >= 0.3 is 5.97 Å². The summed E-state index contributed by atoms with van der Waals surface area (Å²) >= 11 is 0. The molecule has 0 radical (unpaired) electrons. The first-order valence-electron chi connectivity index (χ1n) is 4.36. The molecule has 78 valence electrons. The molecule has 1 saturated heterocycles. The van der Waals surface area contributed by atoms with Crippen LogP contribution in [0, 0.1) is 5.41 Å². The van der Waals surface area contributed by atoms with Gasteiger partial charge < -0.3 is 10.1 Å². The largest absolute Gasteiger partial charge is 0.459 e. The van der Waals surface area contributed by atoms with Gasteiger partial charge in [0.1, 0.15) is 6.10 Å². The first-order valence-corrected chi connectivity index (χ1v) is 4.36. The second-order valence-electron chi connectivity index (χ2n) is 4.39. The molecule has 1 N–H and O–H groups in total. The summed E-state index contributed by atoms with van der Waals surface area (Å²) in [6, 6.07) is 0.316. The number of esters is 1. The van der Waals surface area contributed by atoms with E-state index >= 15 is 0 Å². The van der Waals surface area contributed by atoms with Crippen molar-refractivity contribution in [1.29, 1.82) is 0 Å². The molecule has 0 amide bonds. The lowest BCUT2D eigenvalue weighted by Crippen LogP contribution is -2.58. The summed E-state index contributed by atoms with van der Waals surface area (Å²) in [7, 11) is 0. The summed E-state index contributed by atoms with van der Waals surface area (Å²) in [5, 5.41) is 3.14. The molecular formula is C9H18ClNO2. The minimum atomic E-state index is -0.380. The van der Waals surface area contributed by atoms with Crippen LogP contribution in [0.2, 0.25) is 0 Å². The Kier molecular flexibility index (Phi) is 4.20. The Labute approximate surface area is 85.6 Å².